The Labute approximate surface area is 112 Å². The standard InChI is InChI=1S/C13H17FN2O.ClH/c14-12-2-1-10(7-11(12)8-13(15)17)9-3-5-16-6-4-9;/h1-2,7,9,16H,3-6,8H2,(H2,15,17);1H. The number of halogens is 2. The third-order valence-corrected chi connectivity index (χ3v) is 3.25. The lowest BCUT2D eigenvalue weighted by Crippen LogP contribution is -2.26. The van der Waals surface area contributed by atoms with Crippen molar-refractivity contribution in [3.05, 3.63) is 35.1 Å². The molecule has 0 spiro atoms. The molecule has 1 heterocycles. The first-order chi connectivity index (χ1) is 8.16. The second-order valence-corrected chi connectivity index (χ2v) is 4.52. The van der Waals surface area contributed by atoms with E-state index >= 15 is 0 Å². The van der Waals surface area contributed by atoms with Gasteiger partial charge < -0.3 is 11.1 Å². The molecule has 1 amide bonds. The lowest BCUT2D eigenvalue weighted by Gasteiger charge is -2.23. The molecule has 0 saturated carbocycles. The zero-order valence-electron chi connectivity index (χ0n) is 10.1. The number of primary amides is 1. The maximum Gasteiger partial charge on any atom is 0.221 e. The number of hydrogen-bond acceptors (Lipinski definition) is 2. The normalized spacial score (nSPS) is 16.1. The van der Waals surface area contributed by atoms with Gasteiger partial charge in [0.2, 0.25) is 5.91 Å². The van der Waals surface area contributed by atoms with Crippen LogP contribution in [0.1, 0.15) is 29.9 Å². The van der Waals surface area contributed by atoms with Gasteiger partial charge in [0.25, 0.3) is 0 Å². The summed E-state index contributed by atoms with van der Waals surface area (Å²) in [6.45, 7) is 1.99. The second-order valence-electron chi connectivity index (χ2n) is 4.52. The quantitative estimate of drug-likeness (QED) is 0.881. The molecule has 5 heteroatoms. The summed E-state index contributed by atoms with van der Waals surface area (Å²) >= 11 is 0. The van der Waals surface area contributed by atoms with Crippen LogP contribution in [-0.2, 0) is 11.2 Å². The summed E-state index contributed by atoms with van der Waals surface area (Å²) in [6, 6.07) is 5.04. The van der Waals surface area contributed by atoms with E-state index in [0.29, 0.717) is 11.5 Å². The van der Waals surface area contributed by atoms with Crippen molar-refractivity contribution < 1.29 is 9.18 Å². The molecule has 3 nitrogen and oxygen atoms in total. The fourth-order valence-corrected chi connectivity index (χ4v) is 2.33. The maximum atomic E-state index is 13.5. The van der Waals surface area contributed by atoms with Crippen LogP contribution >= 0.6 is 12.4 Å². The van der Waals surface area contributed by atoms with E-state index in [2.05, 4.69) is 5.32 Å². The highest BCUT2D eigenvalue weighted by Gasteiger charge is 2.16. The summed E-state index contributed by atoms with van der Waals surface area (Å²) in [4.78, 5) is 10.9. The van der Waals surface area contributed by atoms with E-state index in [4.69, 9.17) is 5.73 Å². The van der Waals surface area contributed by atoms with Gasteiger partial charge in [-0.25, -0.2) is 4.39 Å². The highest BCUT2D eigenvalue weighted by atomic mass is 35.5. The zero-order valence-corrected chi connectivity index (χ0v) is 10.9. The summed E-state index contributed by atoms with van der Waals surface area (Å²) in [7, 11) is 0. The molecule has 0 atom stereocenters. The average molecular weight is 273 g/mol. The van der Waals surface area contributed by atoms with Gasteiger partial charge in [0.1, 0.15) is 5.82 Å². The number of carbonyl (C=O) groups excluding carboxylic acids is 1. The number of hydrogen-bond donors (Lipinski definition) is 2. The smallest absolute Gasteiger partial charge is 0.221 e. The molecule has 1 saturated heterocycles. The molecule has 0 aliphatic carbocycles. The number of benzene rings is 1. The molecule has 0 unspecified atom stereocenters. The number of amides is 1. The van der Waals surface area contributed by atoms with E-state index in [1.807, 2.05) is 6.07 Å². The predicted octanol–water partition coefficient (Wildman–Crippen LogP) is 1.74. The van der Waals surface area contributed by atoms with Crippen LogP contribution in [0.2, 0.25) is 0 Å². The lowest BCUT2D eigenvalue weighted by atomic mass is 9.89. The van der Waals surface area contributed by atoms with Crippen LogP contribution < -0.4 is 11.1 Å². The first kappa shape index (κ1) is 14.9. The van der Waals surface area contributed by atoms with Crippen molar-refractivity contribution >= 4 is 18.3 Å². The summed E-state index contributed by atoms with van der Waals surface area (Å²) < 4.78 is 13.5. The minimum atomic E-state index is -0.494. The van der Waals surface area contributed by atoms with Crippen LogP contribution in [0.4, 0.5) is 4.39 Å². The van der Waals surface area contributed by atoms with E-state index in [1.165, 1.54) is 6.07 Å². The summed E-state index contributed by atoms with van der Waals surface area (Å²) in [6.07, 6.45) is 2.09. The Kier molecular flexibility index (Phi) is 5.56. The van der Waals surface area contributed by atoms with Crippen molar-refractivity contribution in [2.24, 2.45) is 5.73 Å². The van der Waals surface area contributed by atoms with Gasteiger partial charge in [-0.05, 0) is 49.0 Å². The lowest BCUT2D eigenvalue weighted by molar-refractivity contribution is -0.117. The van der Waals surface area contributed by atoms with Crippen LogP contribution in [0.25, 0.3) is 0 Å². The Hall–Kier alpha value is -1.13. The molecular weight excluding hydrogens is 255 g/mol. The van der Waals surface area contributed by atoms with E-state index < -0.39 is 5.91 Å². The summed E-state index contributed by atoms with van der Waals surface area (Å²) in [5.41, 5.74) is 6.63. The first-order valence-corrected chi connectivity index (χ1v) is 5.94. The van der Waals surface area contributed by atoms with Gasteiger partial charge in [0, 0.05) is 0 Å². The van der Waals surface area contributed by atoms with Gasteiger partial charge in [0.05, 0.1) is 6.42 Å². The summed E-state index contributed by atoms with van der Waals surface area (Å²) in [5, 5.41) is 3.29. The Morgan fingerprint density at radius 3 is 2.67 bits per heavy atom. The molecule has 1 aromatic rings. The molecule has 2 rings (SSSR count). The van der Waals surface area contributed by atoms with Crippen molar-refractivity contribution in [3.63, 3.8) is 0 Å². The molecule has 100 valence electrons. The number of nitrogens with one attached hydrogen (secondary N) is 1. The van der Waals surface area contributed by atoms with Crippen molar-refractivity contribution in [2.45, 2.75) is 25.2 Å². The molecular formula is C13H18ClFN2O. The molecule has 18 heavy (non-hydrogen) atoms. The van der Waals surface area contributed by atoms with E-state index in [1.54, 1.807) is 6.07 Å². The van der Waals surface area contributed by atoms with E-state index in [9.17, 15) is 9.18 Å². The number of rotatable bonds is 3. The zero-order chi connectivity index (χ0) is 12.3. The van der Waals surface area contributed by atoms with Gasteiger partial charge in [-0.3, -0.25) is 4.79 Å². The van der Waals surface area contributed by atoms with Crippen LogP contribution in [0.3, 0.4) is 0 Å². The van der Waals surface area contributed by atoms with Gasteiger partial charge in [0.15, 0.2) is 0 Å². The monoisotopic (exact) mass is 272 g/mol. The van der Waals surface area contributed by atoms with E-state index in [0.717, 1.165) is 31.5 Å². The molecule has 1 aliphatic heterocycles. The minimum absolute atomic E-state index is 0. The van der Waals surface area contributed by atoms with Gasteiger partial charge in [-0.1, -0.05) is 12.1 Å². The Morgan fingerprint density at radius 1 is 1.39 bits per heavy atom. The fourth-order valence-electron chi connectivity index (χ4n) is 2.33. The van der Waals surface area contributed by atoms with Crippen molar-refractivity contribution in [1.29, 1.82) is 0 Å². The molecule has 1 aliphatic rings. The molecule has 0 aromatic heterocycles. The van der Waals surface area contributed by atoms with Crippen LogP contribution in [-0.4, -0.2) is 19.0 Å². The molecule has 1 fully saturated rings. The van der Waals surface area contributed by atoms with Crippen molar-refractivity contribution in [2.75, 3.05) is 13.1 Å². The third-order valence-electron chi connectivity index (χ3n) is 3.25. The Balaban J connectivity index is 0.00000162. The molecule has 0 radical (unpaired) electrons. The predicted molar refractivity (Wildman–Crippen MR) is 71.4 cm³/mol. The highest BCUT2D eigenvalue weighted by molar-refractivity contribution is 5.85. The van der Waals surface area contributed by atoms with Crippen molar-refractivity contribution in [1.82, 2.24) is 5.32 Å². The molecule has 3 N–H and O–H groups in total. The highest BCUT2D eigenvalue weighted by Crippen LogP contribution is 2.26. The topological polar surface area (TPSA) is 55.1 Å². The Bertz CT molecular complexity index is 419. The third kappa shape index (κ3) is 3.68. The van der Waals surface area contributed by atoms with Gasteiger partial charge in [-0.15, -0.1) is 12.4 Å². The number of piperidine rings is 1. The summed E-state index contributed by atoms with van der Waals surface area (Å²) in [5.74, 6) is -0.378. The fraction of sp³-hybridized carbons (Fsp3) is 0.462. The van der Waals surface area contributed by atoms with Crippen molar-refractivity contribution in [3.8, 4) is 0 Å². The van der Waals surface area contributed by atoms with Gasteiger partial charge >= 0.3 is 0 Å². The SMILES string of the molecule is Cl.NC(=O)Cc1cc(C2CCNCC2)ccc1F. The van der Waals surface area contributed by atoms with Crippen LogP contribution in [0.5, 0.6) is 0 Å². The molecule has 0 bridgehead atoms. The number of carbonyl (C=O) groups is 1. The average Bonchev–Trinajstić information content (AvgIpc) is 2.32. The Morgan fingerprint density at radius 2 is 2.06 bits per heavy atom. The largest absolute Gasteiger partial charge is 0.369 e. The maximum absolute atomic E-state index is 13.5. The molecule has 1 aromatic carbocycles. The number of nitrogens with two attached hydrogens (primary N) is 1. The van der Waals surface area contributed by atoms with Crippen LogP contribution in [0, 0.1) is 5.82 Å². The van der Waals surface area contributed by atoms with Crippen LogP contribution in [0.15, 0.2) is 18.2 Å². The first-order valence-electron chi connectivity index (χ1n) is 5.94. The second kappa shape index (κ2) is 6.71. The van der Waals surface area contributed by atoms with Gasteiger partial charge in [-0.2, -0.15) is 0 Å². The van der Waals surface area contributed by atoms with E-state index in [-0.39, 0.29) is 24.6 Å². The minimum Gasteiger partial charge on any atom is -0.369 e.